The van der Waals surface area contributed by atoms with Crippen molar-refractivity contribution in [3.63, 3.8) is 0 Å². The van der Waals surface area contributed by atoms with Gasteiger partial charge in [-0.1, -0.05) is 11.6 Å². The quantitative estimate of drug-likeness (QED) is 0.698. The van der Waals surface area contributed by atoms with E-state index in [0.29, 0.717) is 5.56 Å². The van der Waals surface area contributed by atoms with Crippen molar-refractivity contribution in [3.05, 3.63) is 40.1 Å². The smallest absolute Gasteiger partial charge is 0.337 e. The number of β-amino-alcohol motifs (C(OH)–C–C–N with tert-alkyl or cyclic N) is 1. The summed E-state index contributed by atoms with van der Waals surface area (Å²) in [5.74, 6) is -2.40. The first-order valence-corrected chi connectivity index (χ1v) is 6.71. The fraction of sp³-hybridized carbons (Fsp3) is 0.214. The Morgan fingerprint density at radius 2 is 2.05 bits per heavy atom. The number of benzene rings is 1. The lowest BCUT2D eigenvalue weighted by atomic mass is 10.1. The van der Waals surface area contributed by atoms with E-state index in [1.807, 2.05) is 0 Å². The summed E-state index contributed by atoms with van der Waals surface area (Å²) in [6.45, 7) is 1.16. The number of carboxylic acids is 1. The number of nitrogens with one attached hydrogen (secondary N) is 1. The average Bonchev–Trinajstić information content (AvgIpc) is 2.69. The number of amides is 2. The van der Waals surface area contributed by atoms with Gasteiger partial charge in [-0.2, -0.15) is 0 Å². The standard InChI is InChI=1S/C14H13ClN2O5/c1-7-4-8(15)5-9(14(21)22)12(7)16-10-6-11(19)17(2-3-18)13(10)20/h4-6,16,18H,2-3H2,1H3,(H,21,22). The van der Waals surface area contributed by atoms with Gasteiger partial charge in [0.15, 0.2) is 0 Å². The van der Waals surface area contributed by atoms with E-state index in [2.05, 4.69) is 5.32 Å². The Kier molecular flexibility index (Phi) is 4.48. The Bertz CT molecular complexity index is 699. The van der Waals surface area contributed by atoms with Crippen LogP contribution in [0.15, 0.2) is 23.9 Å². The van der Waals surface area contributed by atoms with E-state index in [1.165, 1.54) is 6.07 Å². The minimum Gasteiger partial charge on any atom is -0.478 e. The predicted molar refractivity (Wildman–Crippen MR) is 78.7 cm³/mol. The molecule has 2 rings (SSSR count). The molecule has 3 N–H and O–H groups in total. The maximum absolute atomic E-state index is 12.1. The fourth-order valence-corrected chi connectivity index (χ4v) is 2.40. The SMILES string of the molecule is Cc1cc(Cl)cc(C(=O)O)c1NC1=CC(=O)N(CCO)C1=O. The van der Waals surface area contributed by atoms with Gasteiger partial charge in [0, 0.05) is 11.1 Å². The molecule has 1 aromatic carbocycles. The van der Waals surface area contributed by atoms with Crippen LogP contribution in [0.2, 0.25) is 5.02 Å². The van der Waals surface area contributed by atoms with E-state index < -0.39 is 17.8 Å². The summed E-state index contributed by atoms with van der Waals surface area (Å²) in [4.78, 5) is 35.9. The first kappa shape index (κ1) is 16.0. The second-order valence-electron chi connectivity index (χ2n) is 4.65. The molecule has 116 valence electrons. The number of nitrogens with zero attached hydrogens (tertiary/aromatic N) is 1. The highest BCUT2D eigenvalue weighted by Gasteiger charge is 2.31. The molecule has 0 unspecified atom stereocenters. The third kappa shape index (κ3) is 2.95. The summed E-state index contributed by atoms with van der Waals surface area (Å²) in [5, 5.41) is 21.0. The van der Waals surface area contributed by atoms with E-state index in [9.17, 15) is 19.5 Å². The maximum atomic E-state index is 12.1. The third-order valence-corrected chi connectivity index (χ3v) is 3.34. The van der Waals surface area contributed by atoms with Gasteiger partial charge in [0.2, 0.25) is 0 Å². The van der Waals surface area contributed by atoms with Gasteiger partial charge in [0.25, 0.3) is 11.8 Å². The zero-order valence-corrected chi connectivity index (χ0v) is 12.3. The molecule has 0 fully saturated rings. The van der Waals surface area contributed by atoms with Crippen LogP contribution in [0.1, 0.15) is 15.9 Å². The number of aliphatic hydroxyl groups is 1. The lowest BCUT2D eigenvalue weighted by Crippen LogP contribution is -2.34. The molecule has 1 aliphatic rings. The molecule has 1 aliphatic heterocycles. The molecule has 8 heteroatoms. The number of anilines is 1. The fourth-order valence-electron chi connectivity index (χ4n) is 2.12. The van der Waals surface area contributed by atoms with Gasteiger partial charge in [-0.25, -0.2) is 4.79 Å². The first-order chi connectivity index (χ1) is 10.3. The van der Waals surface area contributed by atoms with Crippen molar-refractivity contribution in [3.8, 4) is 0 Å². The Labute approximate surface area is 130 Å². The first-order valence-electron chi connectivity index (χ1n) is 6.34. The van der Waals surface area contributed by atoms with E-state index in [0.717, 1.165) is 11.0 Å². The number of rotatable bonds is 5. The normalized spacial score (nSPS) is 14.3. The van der Waals surface area contributed by atoms with Gasteiger partial charge in [-0.3, -0.25) is 14.5 Å². The van der Waals surface area contributed by atoms with Crippen LogP contribution >= 0.6 is 11.6 Å². The van der Waals surface area contributed by atoms with Crippen molar-refractivity contribution < 1.29 is 24.6 Å². The number of halogens is 1. The average molecular weight is 325 g/mol. The highest BCUT2D eigenvalue weighted by atomic mass is 35.5. The van der Waals surface area contributed by atoms with E-state index in [4.69, 9.17) is 16.7 Å². The lowest BCUT2D eigenvalue weighted by Gasteiger charge is -2.16. The molecule has 0 saturated carbocycles. The van der Waals surface area contributed by atoms with Gasteiger partial charge in [0.1, 0.15) is 5.70 Å². The lowest BCUT2D eigenvalue weighted by molar-refractivity contribution is -0.137. The number of imide groups is 1. The second-order valence-corrected chi connectivity index (χ2v) is 5.09. The van der Waals surface area contributed by atoms with E-state index in [-0.39, 0.29) is 35.1 Å². The highest BCUT2D eigenvalue weighted by molar-refractivity contribution is 6.31. The monoisotopic (exact) mass is 324 g/mol. The number of aromatic carboxylic acids is 1. The van der Waals surface area contributed by atoms with Gasteiger partial charge in [-0.05, 0) is 24.6 Å². The van der Waals surface area contributed by atoms with Gasteiger partial charge in [0.05, 0.1) is 24.4 Å². The zero-order chi connectivity index (χ0) is 16.4. The maximum Gasteiger partial charge on any atom is 0.337 e. The minimum atomic E-state index is -1.21. The molecule has 0 aliphatic carbocycles. The molecule has 2 amide bonds. The van der Waals surface area contributed by atoms with E-state index in [1.54, 1.807) is 13.0 Å². The summed E-state index contributed by atoms with van der Waals surface area (Å²) in [5.41, 5.74) is 0.555. The Morgan fingerprint density at radius 3 is 2.64 bits per heavy atom. The van der Waals surface area contributed by atoms with Crippen molar-refractivity contribution in [1.82, 2.24) is 4.90 Å². The number of hydrogen-bond acceptors (Lipinski definition) is 5. The number of carbonyl (C=O) groups is 3. The molecule has 0 spiro atoms. The van der Waals surface area contributed by atoms with Crippen LogP contribution in [-0.4, -0.2) is 46.0 Å². The molecule has 7 nitrogen and oxygen atoms in total. The number of hydrogen-bond donors (Lipinski definition) is 3. The third-order valence-electron chi connectivity index (χ3n) is 3.12. The number of aliphatic hydroxyl groups excluding tert-OH is 1. The summed E-state index contributed by atoms with van der Waals surface area (Å²) in [6.07, 6.45) is 1.07. The Morgan fingerprint density at radius 1 is 1.36 bits per heavy atom. The van der Waals surface area contributed by atoms with Crippen molar-refractivity contribution in [2.45, 2.75) is 6.92 Å². The summed E-state index contributed by atoms with van der Waals surface area (Å²) in [7, 11) is 0. The molecule has 0 radical (unpaired) electrons. The van der Waals surface area contributed by atoms with Crippen molar-refractivity contribution in [2.75, 3.05) is 18.5 Å². The number of carboxylic acid groups (broad SMARTS) is 1. The molecular weight excluding hydrogens is 312 g/mol. The van der Waals surface area contributed by atoms with Crippen LogP contribution in [0, 0.1) is 6.92 Å². The van der Waals surface area contributed by atoms with Gasteiger partial charge in [-0.15, -0.1) is 0 Å². The van der Waals surface area contributed by atoms with Crippen molar-refractivity contribution in [2.24, 2.45) is 0 Å². The molecule has 0 atom stereocenters. The zero-order valence-electron chi connectivity index (χ0n) is 11.6. The van der Waals surface area contributed by atoms with Crippen LogP contribution in [0.3, 0.4) is 0 Å². The second kappa shape index (κ2) is 6.17. The molecule has 0 aromatic heterocycles. The predicted octanol–water partition coefficient (Wildman–Crippen LogP) is 1.00. The molecule has 1 aromatic rings. The largest absolute Gasteiger partial charge is 0.478 e. The van der Waals surface area contributed by atoms with Crippen molar-refractivity contribution in [1.29, 1.82) is 0 Å². The Balaban J connectivity index is 2.36. The number of carbonyl (C=O) groups excluding carboxylic acids is 2. The van der Waals surface area contributed by atoms with Crippen LogP contribution in [0.5, 0.6) is 0 Å². The summed E-state index contributed by atoms with van der Waals surface area (Å²) in [6, 6.07) is 2.80. The highest BCUT2D eigenvalue weighted by Crippen LogP contribution is 2.28. The van der Waals surface area contributed by atoms with Crippen LogP contribution in [-0.2, 0) is 9.59 Å². The summed E-state index contributed by atoms with van der Waals surface area (Å²) >= 11 is 5.84. The summed E-state index contributed by atoms with van der Waals surface area (Å²) < 4.78 is 0. The number of aryl methyl sites for hydroxylation is 1. The van der Waals surface area contributed by atoms with Crippen LogP contribution < -0.4 is 5.32 Å². The minimum absolute atomic E-state index is 0.0497. The van der Waals surface area contributed by atoms with Crippen LogP contribution in [0.25, 0.3) is 0 Å². The molecule has 0 saturated heterocycles. The Hall–Kier alpha value is -2.38. The van der Waals surface area contributed by atoms with E-state index >= 15 is 0 Å². The molecular formula is C14H13ClN2O5. The van der Waals surface area contributed by atoms with Crippen molar-refractivity contribution >= 4 is 35.1 Å². The van der Waals surface area contributed by atoms with Gasteiger partial charge < -0.3 is 15.5 Å². The molecule has 22 heavy (non-hydrogen) atoms. The van der Waals surface area contributed by atoms with Crippen LogP contribution in [0.4, 0.5) is 5.69 Å². The molecule has 1 heterocycles. The van der Waals surface area contributed by atoms with Gasteiger partial charge >= 0.3 is 5.97 Å². The topological polar surface area (TPSA) is 107 Å². The molecule has 0 bridgehead atoms.